The van der Waals surface area contributed by atoms with E-state index in [2.05, 4.69) is 25.6 Å². The first-order valence-electron chi connectivity index (χ1n) is 9.72. The van der Waals surface area contributed by atoms with E-state index >= 15 is 0 Å². The first-order chi connectivity index (χ1) is 15.5. The van der Waals surface area contributed by atoms with Crippen molar-refractivity contribution < 1.29 is 23.8 Å². The Morgan fingerprint density at radius 1 is 1.06 bits per heavy atom. The number of rotatable bonds is 7. The number of fused-ring (bicyclic) bond motifs is 1. The third kappa shape index (κ3) is 4.35. The number of amides is 1. The van der Waals surface area contributed by atoms with Crippen molar-refractivity contribution in [2.45, 2.75) is 6.42 Å². The maximum Gasteiger partial charge on any atom is 0.224 e. The minimum atomic E-state index is -0.807. The fourth-order valence-electron chi connectivity index (χ4n) is 3.22. The molecule has 2 aromatic carbocycles. The molecule has 0 spiro atoms. The molecule has 0 bridgehead atoms. The Bertz CT molecular complexity index is 1250. The highest BCUT2D eigenvalue weighted by molar-refractivity contribution is 5.96. The van der Waals surface area contributed by atoms with Crippen molar-refractivity contribution in [2.24, 2.45) is 0 Å². The molecule has 164 valence electrons. The van der Waals surface area contributed by atoms with Gasteiger partial charge in [-0.15, -0.1) is 0 Å². The molecule has 1 amide bonds. The first-order valence-corrected chi connectivity index (χ1v) is 9.72. The molecule has 0 atom stereocenters. The summed E-state index contributed by atoms with van der Waals surface area (Å²) >= 11 is 0. The molecule has 0 unspecified atom stereocenters. The lowest BCUT2D eigenvalue weighted by molar-refractivity contribution is -0.120. The Kier molecular flexibility index (Phi) is 5.95. The number of H-pyrrole nitrogens is 1. The van der Waals surface area contributed by atoms with Crippen LogP contribution in [0, 0.1) is 11.6 Å². The molecule has 0 saturated heterocycles. The minimum absolute atomic E-state index is 0.132. The summed E-state index contributed by atoms with van der Waals surface area (Å²) in [5, 5.41) is 24.8. The van der Waals surface area contributed by atoms with Gasteiger partial charge in [0.15, 0.2) is 5.82 Å². The number of aliphatic hydroxyl groups excluding tert-OH is 1. The molecule has 0 aliphatic heterocycles. The Hall–Kier alpha value is -4.05. The summed E-state index contributed by atoms with van der Waals surface area (Å²) in [6, 6.07) is 10.3. The van der Waals surface area contributed by atoms with Crippen molar-refractivity contribution in [2.75, 3.05) is 18.5 Å². The minimum Gasteiger partial charge on any atom is -0.494 e. The Balaban J connectivity index is 1.65. The Morgan fingerprint density at radius 3 is 2.47 bits per heavy atom. The van der Waals surface area contributed by atoms with E-state index < -0.39 is 11.6 Å². The zero-order valence-electron chi connectivity index (χ0n) is 16.7. The number of halogens is 2. The summed E-state index contributed by atoms with van der Waals surface area (Å²) in [6.45, 7) is 0.0556. The monoisotopic (exact) mass is 439 g/mol. The van der Waals surface area contributed by atoms with Crippen LogP contribution >= 0.6 is 0 Å². The molecule has 10 heteroatoms. The molecule has 2 heterocycles. The number of benzene rings is 2. The van der Waals surface area contributed by atoms with Crippen molar-refractivity contribution in [3.05, 3.63) is 65.9 Å². The molecule has 0 aliphatic rings. The fraction of sp³-hybridized carbons (Fsp3) is 0.136. The van der Waals surface area contributed by atoms with Crippen LogP contribution in [0.25, 0.3) is 22.3 Å². The first kappa shape index (κ1) is 21.2. The van der Waals surface area contributed by atoms with Gasteiger partial charge < -0.3 is 25.8 Å². The predicted octanol–water partition coefficient (Wildman–Crippen LogP) is 3.00. The second kappa shape index (κ2) is 8.98. The highest BCUT2D eigenvalue weighted by atomic mass is 19.1. The summed E-state index contributed by atoms with van der Waals surface area (Å²) < 4.78 is 28.6. The van der Waals surface area contributed by atoms with Gasteiger partial charge in [0.05, 0.1) is 24.1 Å². The molecule has 0 saturated carbocycles. The van der Waals surface area contributed by atoms with Gasteiger partial charge >= 0.3 is 0 Å². The maximum atomic E-state index is 14.3. The summed E-state index contributed by atoms with van der Waals surface area (Å²) in [6.07, 6.45) is 1.56. The number of aliphatic hydroxyl groups is 1. The number of nitrogens with one attached hydrogen (secondary N) is 3. The summed E-state index contributed by atoms with van der Waals surface area (Å²) in [5.41, 5.74) is 1.22. The third-order valence-corrected chi connectivity index (χ3v) is 4.72. The number of aromatic amines is 1. The van der Waals surface area contributed by atoms with E-state index in [1.165, 1.54) is 12.3 Å². The normalized spacial score (nSPS) is 11.0. The van der Waals surface area contributed by atoms with Crippen LogP contribution < -0.4 is 10.6 Å². The smallest absolute Gasteiger partial charge is 0.224 e. The van der Waals surface area contributed by atoms with Crippen molar-refractivity contribution in [3.63, 3.8) is 0 Å². The fourth-order valence-corrected chi connectivity index (χ4v) is 3.22. The van der Waals surface area contributed by atoms with E-state index in [0.717, 1.165) is 17.7 Å². The van der Waals surface area contributed by atoms with Crippen LogP contribution in [0.5, 0.6) is 5.88 Å². The zero-order valence-corrected chi connectivity index (χ0v) is 16.7. The second-order valence-corrected chi connectivity index (χ2v) is 6.96. The number of aromatic hydroxyl groups is 1. The number of nitrogens with zero attached hydrogens (tertiary/aromatic N) is 2. The molecule has 0 radical (unpaired) electrons. The molecule has 4 rings (SSSR count). The molecule has 0 fully saturated rings. The van der Waals surface area contributed by atoms with Crippen molar-refractivity contribution in [1.82, 2.24) is 20.3 Å². The van der Waals surface area contributed by atoms with Crippen molar-refractivity contribution in [3.8, 4) is 17.3 Å². The topological polar surface area (TPSA) is 123 Å². The number of anilines is 2. The molecule has 5 N–H and O–H groups in total. The van der Waals surface area contributed by atoms with Crippen molar-refractivity contribution >= 4 is 28.3 Å². The van der Waals surface area contributed by atoms with Gasteiger partial charge in [-0.05, 0) is 29.8 Å². The van der Waals surface area contributed by atoms with Crippen molar-refractivity contribution in [1.29, 1.82) is 0 Å². The van der Waals surface area contributed by atoms with E-state index in [1.807, 2.05) is 0 Å². The molecular formula is C22H19F2N5O3. The summed E-state index contributed by atoms with van der Waals surface area (Å²) in [7, 11) is 0. The second-order valence-electron chi connectivity index (χ2n) is 6.96. The lowest BCUT2D eigenvalue weighted by atomic mass is 10.1. The van der Waals surface area contributed by atoms with Gasteiger partial charge in [0, 0.05) is 18.4 Å². The average molecular weight is 439 g/mol. The highest BCUT2D eigenvalue weighted by Crippen LogP contribution is 2.34. The molecule has 2 aromatic heterocycles. The predicted molar refractivity (Wildman–Crippen MR) is 114 cm³/mol. The average Bonchev–Trinajstić information content (AvgIpc) is 3.14. The molecular weight excluding hydrogens is 420 g/mol. The van der Waals surface area contributed by atoms with Gasteiger partial charge in [-0.1, -0.05) is 18.2 Å². The number of hydrogen-bond donors (Lipinski definition) is 5. The van der Waals surface area contributed by atoms with E-state index in [9.17, 15) is 18.7 Å². The van der Waals surface area contributed by atoms with Crippen LogP contribution in [0.15, 0.2) is 48.7 Å². The van der Waals surface area contributed by atoms with Gasteiger partial charge in [0.2, 0.25) is 11.8 Å². The molecule has 0 aliphatic carbocycles. The van der Waals surface area contributed by atoms with Crippen LogP contribution in [-0.2, 0) is 11.2 Å². The third-order valence-electron chi connectivity index (χ3n) is 4.72. The number of hydrogen-bond acceptors (Lipinski definition) is 6. The van der Waals surface area contributed by atoms with Gasteiger partial charge in [0.25, 0.3) is 0 Å². The van der Waals surface area contributed by atoms with E-state index in [-0.39, 0.29) is 59.5 Å². The van der Waals surface area contributed by atoms with Crippen LogP contribution in [0.4, 0.5) is 20.3 Å². The maximum absolute atomic E-state index is 14.3. The lowest BCUT2D eigenvalue weighted by Gasteiger charge is -2.11. The van der Waals surface area contributed by atoms with Crippen LogP contribution in [0.1, 0.15) is 5.56 Å². The largest absolute Gasteiger partial charge is 0.494 e. The number of carbonyl (C=O) groups excluding carboxylic acids is 1. The van der Waals surface area contributed by atoms with E-state index in [1.54, 1.807) is 24.3 Å². The molecule has 32 heavy (non-hydrogen) atoms. The highest BCUT2D eigenvalue weighted by Gasteiger charge is 2.19. The molecule has 4 aromatic rings. The zero-order chi connectivity index (χ0) is 22.7. The molecule has 8 nitrogen and oxygen atoms in total. The van der Waals surface area contributed by atoms with Gasteiger partial charge in [-0.2, -0.15) is 0 Å². The number of aromatic nitrogens is 3. The lowest BCUT2D eigenvalue weighted by Crippen LogP contribution is -2.27. The van der Waals surface area contributed by atoms with Crippen LogP contribution in [-0.4, -0.2) is 44.2 Å². The number of carbonyl (C=O) groups is 1. The van der Waals surface area contributed by atoms with Crippen LogP contribution in [0.3, 0.4) is 0 Å². The summed E-state index contributed by atoms with van der Waals surface area (Å²) in [4.78, 5) is 22.8. The van der Waals surface area contributed by atoms with Gasteiger partial charge in [-0.3, -0.25) is 4.79 Å². The summed E-state index contributed by atoms with van der Waals surface area (Å²) in [5.74, 6) is -2.05. The van der Waals surface area contributed by atoms with Gasteiger partial charge in [0.1, 0.15) is 22.8 Å². The SMILES string of the molecule is O=C(Cc1ccc(Nc2nc(-c3c(F)cccc3F)nc3c[nH]c(O)c23)cc1)NCCO. The Morgan fingerprint density at radius 2 is 1.78 bits per heavy atom. The standard InChI is InChI=1S/C22H19F2N5O3/c23-14-2-1-3-15(24)18(14)20-28-16-11-26-22(32)19(16)21(29-20)27-13-6-4-12(5-7-13)10-17(31)25-8-9-30/h1-7,11,26,30,32H,8-10H2,(H,25,31)(H,27,28,29). The Labute approximate surface area is 181 Å². The van der Waals surface area contributed by atoms with Crippen LogP contribution in [0.2, 0.25) is 0 Å². The van der Waals surface area contributed by atoms with E-state index in [0.29, 0.717) is 5.69 Å². The van der Waals surface area contributed by atoms with E-state index in [4.69, 9.17) is 5.11 Å². The quantitative estimate of drug-likeness (QED) is 0.302. The van der Waals surface area contributed by atoms with Gasteiger partial charge in [-0.25, -0.2) is 18.7 Å².